The third-order valence-corrected chi connectivity index (χ3v) is 4.08. The van der Waals surface area contributed by atoms with Crippen molar-refractivity contribution in [2.24, 2.45) is 23.0 Å². The van der Waals surface area contributed by atoms with Crippen molar-refractivity contribution in [1.29, 1.82) is 0 Å². The number of amides is 1. The van der Waals surface area contributed by atoms with Crippen molar-refractivity contribution < 1.29 is 4.79 Å². The van der Waals surface area contributed by atoms with E-state index >= 15 is 0 Å². The molecule has 0 saturated heterocycles. The van der Waals surface area contributed by atoms with Crippen LogP contribution in [0.1, 0.15) is 47.0 Å². The van der Waals surface area contributed by atoms with Crippen molar-refractivity contribution in [1.82, 2.24) is 5.32 Å². The first-order valence-corrected chi connectivity index (χ1v) is 6.76. The van der Waals surface area contributed by atoms with Crippen LogP contribution in [0.5, 0.6) is 0 Å². The summed E-state index contributed by atoms with van der Waals surface area (Å²) in [7, 11) is 0. The van der Waals surface area contributed by atoms with Gasteiger partial charge in [-0.1, -0.05) is 46.3 Å². The predicted molar refractivity (Wildman–Crippen MR) is 74.7 cm³/mol. The minimum atomic E-state index is -0.346. The highest BCUT2D eigenvalue weighted by molar-refractivity contribution is 7.80. The Labute approximate surface area is 110 Å². The molecule has 1 saturated carbocycles. The molecule has 1 amide bonds. The minimum Gasteiger partial charge on any atom is -0.393 e. The molecule has 1 aliphatic rings. The van der Waals surface area contributed by atoms with Crippen LogP contribution in [0.25, 0.3) is 0 Å². The highest BCUT2D eigenvalue weighted by atomic mass is 32.1. The van der Waals surface area contributed by atoms with Gasteiger partial charge in [0, 0.05) is 6.04 Å². The lowest BCUT2D eigenvalue weighted by Gasteiger charge is -2.30. The summed E-state index contributed by atoms with van der Waals surface area (Å²) >= 11 is 4.98. The van der Waals surface area contributed by atoms with Crippen molar-refractivity contribution in [2.45, 2.75) is 53.0 Å². The molecule has 0 heterocycles. The maximum Gasteiger partial charge on any atom is 0.230 e. The molecule has 1 rings (SSSR count). The van der Waals surface area contributed by atoms with Gasteiger partial charge in [0.15, 0.2) is 0 Å². The Kier molecular flexibility index (Phi) is 4.53. The zero-order valence-corrected chi connectivity index (χ0v) is 12.1. The fraction of sp³-hybridized carbons (Fsp3) is 0.846. The molecule has 0 aromatic carbocycles. The molecular weight excluding hydrogens is 232 g/mol. The predicted octanol–water partition coefficient (Wildman–Crippen LogP) is 2.24. The maximum absolute atomic E-state index is 12.2. The largest absolute Gasteiger partial charge is 0.393 e. The number of rotatable bonds is 4. The van der Waals surface area contributed by atoms with Crippen LogP contribution in [0.4, 0.5) is 0 Å². The van der Waals surface area contributed by atoms with E-state index in [0.29, 0.717) is 4.99 Å². The third-order valence-electron chi connectivity index (χ3n) is 3.83. The smallest absolute Gasteiger partial charge is 0.230 e. The molecule has 0 aromatic rings. The second-order valence-electron chi connectivity index (χ2n) is 6.07. The number of carbonyl (C=O) groups is 1. The van der Waals surface area contributed by atoms with Crippen LogP contribution in [0.15, 0.2) is 0 Å². The first kappa shape index (κ1) is 14.4. The quantitative estimate of drug-likeness (QED) is 0.759. The van der Waals surface area contributed by atoms with Gasteiger partial charge >= 0.3 is 0 Å². The van der Waals surface area contributed by atoms with Crippen LogP contribution >= 0.6 is 12.2 Å². The summed E-state index contributed by atoms with van der Waals surface area (Å²) in [5.74, 6) is -0.203. The molecule has 0 aliphatic heterocycles. The normalized spacial score (nSPS) is 24.6. The van der Waals surface area contributed by atoms with E-state index in [9.17, 15) is 4.79 Å². The number of thiocarbonyl (C=S) groups is 1. The third kappa shape index (κ3) is 3.41. The fourth-order valence-electron chi connectivity index (χ4n) is 2.62. The minimum absolute atomic E-state index is 0.00697. The van der Waals surface area contributed by atoms with Gasteiger partial charge in [-0.05, 0) is 24.2 Å². The van der Waals surface area contributed by atoms with Gasteiger partial charge in [-0.3, -0.25) is 4.79 Å². The maximum atomic E-state index is 12.2. The van der Waals surface area contributed by atoms with E-state index in [0.717, 1.165) is 12.8 Å². The average molecular weight is 256 g/mol. The van der Waals surface area contributed by atoms with Crippen molar-refractivity contribution in [3.63, 3.8) is 0 Å². The standard InChI is InChI=1S/C13H24N2OS/c1-8(2)10(11(14)17)12(16)15-9-6-5-7-13(9,3)4/h8-10H,5-7H2,1-4H3,(H2,14,17)(H,15,16). The Hall–Kier alpha value is -0.640. The van der Waals surface area contributed by atoms with Crippen molar-refractivity contribution in [3.8, 4) is 0 Å². The van der Waals surface area contributed by atoms with Gasteiger partial charge in [0.25, 0.3) is 0 Å². The molecule has 4 heteroatoms. The Balaban J connectivity index is 2.68. The molecule has 0 spiro atoms. The van der Waals surface area contributed by atoms with E-state index < -0.39 is 0 Å². The van der Waals surface area contributed by atoms with Crippen LogP contribution in [0.2, 0.25) is 0 Å². The molecule has 3 nitrogen and oxygen atoms in total. The van der Waals surface area contributed by atoms with Crippen LogP contribution in [0.3, 0.4) is 0 Å². The molecule has 0 bridgehead atoms. The Bertz CT molecular complexity index is 313. The lowest BCUT2D eigenvalue weighted by molar-refractivity contribution is -0.125. The molecular formula is C13H24N2OS. The van der Waals surface area contributed by atoms with Gasteiger partial charge in [0.2, 0.25) is 5.91 Å². The van der Waals surface area contributed by atoms with Crippen LogP contribution in [-0.2, 0) is 4.79 Å². The van der Waals surface area contributed by atoms with Crippen molar-refractivity contribution >= 4 is 23.1 Å². The molecule has 17 heavy (non-hydrogen) atoms. The van der Waals surface area contributed by atoms with Gasteiger partial charge < -0.3 is 11.1 Å². The SMILES string of the molecule is CC(C)C(C(=O)NC1CCCC1(C)C)C(N)=S. The highest BCUT2D eigenvalue weighted by Crippen LogP contribution is 2.37. The monoisotopic (exact) mass is 256 g/mol. The van der Waals surface area contributed by atoms with E-state index in [1.807, 2.05) is 13.8 Å². The van der Waals surface area contributed by atoms with Gasteiger partial charge in [-0.15, -0.1) is 0 Å². The van der Waals surface area contributed by atoms with Crippen LogP contribution < -0.4 is 11.1 Å². The Morgan fingerprint density at radius 1 is 1.47 bits per heavy atom. The molecule has 2 unspecified atom stereocenters. The highest BCUT2D eigenvalue weighted by Gasteiger charge is 2.37. The van der Waals surface area contributed by atoms with Gasteiger partial charge in [0.1, 0.15) is 0 Å². The second kappa shape index (κ2) is 5.34. The number of nitrogens with two attached hydrogens (primary N) is 1. The van der Waals surface area contributed by atoms with Gasteiger partial charge in [-0.2, -0.15) is 0 Å². The van der Waals surface area contributed by atoms with Crippen LogP contribution in [0, 0.1) is 17.3 Å². The molecule has 3 N–H and O–H groups in total. The lowest BCUT2D eigenvalue weighted by Crippen LogP contribution is -2.48. The Morgan fingerprint density at radius 2 is 2.06 bits per heavy atom. The van der Waals surface area contributed by atoms with E-state index in [1.165, 1.54) is 6.42 Å². The van der Waals surface area contributed by atoms with E-state index in [1.54, 1.807) is 0 Å². The van der Waals surface area contributed by atoms with E-state index in [-0.39, 0.29) is 29.2 Å². The summed E-state index contributed by atoms with van der Waals surface area (Å²) in [4.78, 5) is 12.5. The topological polar surface area (TPSA) is 55.1 Å². The second-order valence-corrected chi connectivity index (χ2v) is 6.54. The summed E-state index contributed by atoms with van der Waals surface area (Å²) in [5.41, 5.74) is 5.84. The molecule has 0 radical (unpaired) electrons. The zero-order valence-electron chi connectivity index (χ0n) is 11.2. The first-order valence-electron chi connectivity index (χ1n) is 6.35. The first-order chi connectivity index (χ1) is 7.75. The van der Waals surface area contributed by atoms with Gasteiger partial charge in [-0.25, -0.2) is 0 Å². The molecule has 0 aromatic heterocycles. The van der Waals surface area contributed by atoms with E-state index in [4.69, 9.17) is 18.0 Å². The van der Waals surface area contributed by atoms with Gasteiger partial charge in [0.05, 0.1) is 10.9 Å². The summed E-state index contributed by atoms with van der Waals surface area (Å²) in [6, 6.07) is 0.255. The molecule has 1 aliphatic carbocycles. The molecule has 2 atom stereocenters. The number of nitrogens with one attached hydrogen (secondary N) is 1. The summed E-state index contributed by atoms with van der Waals surface area (Å²) in [6.07, 6.45) is 3.40. The Morgan fingerprint density at radius 3 is 2.41 bits per heavy atom. The number of carbonyl (C=O) groups excluding carboxylic acids is 1. The summed E-state index contributed by atoms with van der Waals surface area (Å²) < 4.78 is 0. The molecule has 1 fully saturated rings. The lowest BCUT2D eigenvalue weighted by atomic mass is 9.86. The zero-order chi connectivity index (χ0) is 13.2. The average Bonchev–Trinajstić information content (AvgIpc) is 2.44. The fourth-order valence-corrected chi connectivity index (χ4v) is 3.00. The number of hydrogen-bond donors (Lipinski definition) is 2. The van der Waals surface area contributed by atoms with Crippen LogP contribution in [-0.4, -0.2) is 16.9 Å². The van der Waals surface area contributed by atoms with Crippen molar-refractivity contribution in [2.75, 3.05) is 0 Å². The molecule has 98 valence electrons. The van der Waals surface area contributed by atoms with Crippen molar-refractivity contribution in [3.05, 3.63) is 0 Å². The summed E-state index contributed by atoms with van der Waals surface area (Å²) in [5, 5.41) is 3.13. The van der Waals surface area contributed by atoms with E-state index in [2.05, 4.69) is 19.2 Å². The summed E-state index contributed by atoms with van der Waals surface area (Å²) in [6.45, 7) is 8.36. The number of hydrogen-bond acceptors (Lipinski definition) is 2.